The summed E-state index contributed by atoms with van der Waals surface area (Å²) in [6, 6.07) is 0. The summed E-state index contributed by atoms with van der Waals surface area (Å²) in [6.45, 7) is -0.478. The average molecular weight is 164 g/mol. The van der Waals surface area contributed by atoms with Crippen LogP contribution in [0.5, 0.6) is 0 Å². The Kier molecular flexibility index (Phi) is 2.80. The van der Waals surface area contributed by atoms with Crippen molar-refractivity contribution >= 4 is 0 Å². The SMILES string of the molecule is OCC(O)[C@@H]1O[C@@H](O)C[C@@H]1O. The van der Waals surface area contributed by atoms with E-state index >= 15 is 0 Å². The van der Waals surface area contributed by atoms with Crippen LogP contribution in [-0.2, 0) is 4.74 Å². The maximum atomic E-state index is 9.10. The highest BCUT2D eigenvalue weighted by Crippen LogP contribution is 2.20. The largest absolute Gasteiger partial charge is 0.394 e. The fourth-order valence-corrected chi connectivity index (χ4v) is 1.12. The first kappa shape index (κ1) is 8.89. The van der Waals surface area contributed by atoms with Crippen LogP contribution < -0.4 is 0 Å². The normalized spacial score (nSPS) is 40.9. The van der Waals surface area contributed by atoms with Gasteiger partial charge in [0.05, 0.1) is 12.7 Å². The van der Waals surface area contributed by atoms with Crippen molar-refractivity contribution < 1.29 is 25.2 Å². The molecule has 1 heterocycles. The number of aliphatic hydroxyl groups excluding tert-OH is 4. The van der Waals surface area contributed by atoms with Crippen LogP contribution >= 0.6 is 0 Å². The third-order valence-corrected chi connectivity index (χ3v) is 1.70. The minimum atomic E-state index is -1.12. The number of hydrogen-bond acceptors (Lipinski definition) is 5. The monoisotopic (exact) mass is 164 g/mol. The van der Waals surface area contributed by atoms with Crippen LogP contribution in [0.2, 0.25) is 0 Å². The third-order valence-electron chi connectivity index (χ3n) is 1.70. The maximum absolute atomic E-state index is 9.10. The van der Waals surface area contributed by atoms with Gasteiger partial charge in [0.2, 0.25) is 0 Å². The van der Waals surface area contributed by atoms with Gasteiger partial charge in [-0.1, -0.05) is 0 Å². The van der Waals surface area contributed by atoms with Gasteiger partial charge in [0, 0.05) is 6.42 Å². The zero-order valence-electron chi connectivity index (χ0n) is 5.92. The molecule has 5 nitrogen and oxygen atoms in total. The molecule has 0 saturated carbocycles. The van der Waals surface area contributed by atoms with E-state index in [-0.39, 0.29) is 6.42 Å². The number of rotatable bonds is 2. The second-order valence-electron chi connectivity index (χ2n) is 2.61. The van der Waals surface area contributed by atoms with Crippen molar-refractivity contribution in [3.05, 3.63) is 0 Å². The summed E-state index contributed by atoms with van der Waals surface area (Å²) in [4.78, 5) is 0. The van der Waals surface area contributed by atoms with Crippen molar-refractivity contribution in [3.63, 3.8) is 0 Å². The van der Waals surface area contributed by atoms with Crippen LogP contribution in [0.3, 0.4) is 0 Å². The van der Waals surface area contributed by atoms with Crippen molar-refractivity contribution in [2.24, 2.45) is 0 Å². The van der Waals surface area contributed by atoms with Crippen LogP contribution in [-0.4, -0.2) is 51.6 Å². The van der Waals surface area contributed by atoms with Crippen LogP contribution in [0, 0.1) is 0 Å². The fourth-order valence-electron chi connectivity index (χ4n) is 1.12. The summed E-state index contributed by atoms with van der Waals surface area (Å²) >= 11 is 0. The molecule has 1 fully saturated rings. The van der Waals surface area contributed by atoms with Crippen molar-refractivity contribution in [1.29, 1.82) is 0 Å². The Hall–Kier alpha value is -0.200. The second-order valence-corrected chi connectivity index (χ2v) is 2.61. The standard InChI is InChI=1S/C6H12O5/c7-2-4(9)6-3(8)1-5(10)11-6/h3-10H,1-2H2/t3-,4?,5+,6+/m0/s1. The molecule has 0 aromatic carbocycles. The van der Waals surface area contributed by atoms with Gasteiger partial charge in [-0.3, -0.25) is 0 Å². The Morgan fingerprint density at radius 2 is 2.09 bits per heavy atom. The minimum absolute atomic E-state index is 0.0850. The lowest BCUT2D eigenvalue weighted by Gasteiger charge is -2.17. The Morgan fingerprint density at radius 1 is 1.45 bits per heavy atom. The van der Waals surface area contributed by atoms with E-state index in [9.17, 15) is 0 Å². The molecule has 1 aliphatic rings. The van der Waals surface area contributed by atoms with Gasteiger partial charge >= 0.3 is 0 Å². The van der Waals surface area contributed by atoms with E-state index in [1.54, 1.807) is 0 Å². The minimum Gasteiger partial charge on any atom is -0.394 e. The molecule has 1 rings (SSSR count). The molecule has 0 aromatic heterocycles. The van der Waals surface area contributed by atoms with Crippen LogP contribution in [0.4, 0.5) is 0 Å². The molecule has 0 amide bonds. The van der Waals surface area contributed by atoms with Crippen LogP contribution in [0.1, 0.15) is 6.42 Å². The lowest BCUT2D eigenvalue weighted by atomic mass is 10.1. The summed E-state index contributed by atoms with van der Waals surface area (Å²) in [5, 5.41) is 35.4. The van der Waals surface area contributed by atoms with Gasteiger partial charge in [0.15, 0.2) is 6.29 Å². The molecule has 66 valence electrons. The summed E-state index contributed by atoms with van der Waals surface area (Å²) in [5.74, 6) is 0. The summed E-state index contributed by atoms with van der Waals surface area (Å²) in [7, 11) is 0. The molecule has 1 saturated heterocycles. The molecule has 0 bridgehead atoms. The molecule has 4 N–H and O–H groups in total. The molecule has 0 aliphatic carbocycles. The first-order valence-electron chi connectivity index (χ1n) is 3.45. The predicted octanol–water partition coefficient (Wildman–Crippen LogP) is -2.19. The zero-order chi connectivity index (χ0) is 8.43. The summed E-state index contributed by atoms with van der Waals surface area (Å²) < 4.78 is 4.72. The molecule has 4 atom stereocenters. The number of hydrogen-bond donors (Lipinski definition) is 4. The molecule has 5 heteroatoms. The number of aliphatic hydroxyl groups is 4. The van der Waals surface area contributed by atoms with E-state index in [4.69, 9.17) is 25.2 Å². The van der Waals surface area contributed by atoms with Crippen LogP contribution in [0.25, 0.3) is 0 Å². The predicted molar refractivity (Wildman–Crippen MR) is 34.6 cm³/mol. The van der Waals surface area contributed by atoms with Gasteiger partial charge in [0.25, 0.3) is 0 Å². The average Bonchev–Trinajstić information content (AvgIpc) is 2.28. The van der Waals surface area contributed by atoms with Gasteiger partial charge < -0.3 is 25.2 Å². The molecule has 1 aliphatic heterocycles. The molecular formula is C6H12O5. The summed E-state index contributed by atoms with van der Waals surface area (Å²) in [5.41, 5.74) is 0. The van der Waals surface area contributed by atoms with E-state index in [0.29, 0.717) is 0 Å². The van der Waals surface area contributed by atoms with Crippen molar-refractivity contribution in [1.82, 2.24) is 0 Å². The van der Waals surface area contributed by atoms with Gasteiger partial charge in [0.1, 0.15) is 12.2 Å². The first-order chi connectivity index (χ1) is 5.15. The van der Waals surface area contributed by atoms with Gasteiger partial charge in [-0.25, -0.2) is 0 Å². The quantitative estimate of drug-likeness (QED) is 0.372. The lowest BCUT2D eigenvalue weighted by Crippen LogP contribution is -2.36. The molecule has 0 radical (unpaired) electrons. The number of ether oxygens (including phenoxy) is 1. The molecular weight excluding hydrogens is 152 g/mol. The van der Waals surface area contributed by atoms with E-state index in [1.165, 1.54) is 0 Å². The van der Waals surface area contributed by atoms with Crippen molar-refractivity contribution in [2.75, 3.05) is 6.61 Å². The second kappa shape index (κ2) is 3.46. The smallest absolute Gasteiger partial charge is 0.157 e. The Balaban J connectivity index is 2.45. The maximum Gasteiger partial charge on any atom is 0.157 e. The fraction of sp³-hybridized carbons (Fsp3) is 1.00. The highest BCUT2D eigenvalue weighted by molar-refractivity contribution is 4.82. The van der Waals surface area contributed by atoms with Gasteiger partial charge in [-0.05, 0) is 0 Å². The highest BCUT2D eigenvalue weighted by atomic mass is 16.6. The zero-order valence-corrected chi connectivity index (χ0v) is 5.92. The first-order valence-corrected chi connectivity index (χ1v) is 3.45. The Morgan fingerprint density at radius 3 is 2.45 bits per heavy atom. The van der Waals surface area contributed by atoms with Crippen LogP contribution in [0.15, 0.2) is 0 Å². The topological polar surface area (TPSA) is 90.2 Å². The molecule has 0 aromatic rings. The van der Waals surface area contributed by atoms with Crippen molar-refractivity contribution in [3.8, 4) is 0 Å². The van der Waals surface area contributed by atoms with E-state index in [0.717, 1.165) is 0 Å². The van der Waals surface area contributed by atoms with E-state index in [1.807, 2.05) is 0 Å². The molecule has 1 unspecified atom stereocenters. The highest BCUT2D eigenvalue weighted by Gasteiger charge is 2.37. The van der Waals surface area contributed by atoms with E-state index < -0.39 is 31.2 Å². The lowest BCUT2D eigenvalue weighted by molar-refractivity contribution is -0.136. The molecule has 0 spiro atoms. The Bertz CT molecular complexity index is 124. The van der Waals surface area contributed by atoms with Gasteiger partial charge in [-0.2, -0.15) is 0 Å². The third kappa shape index (κ3) is 1.88. The summed E-state index contributed by atoms with van der Waals surface area (Å²) in [6.07, 6.45) is -3.83. The van der Waals surface area contributed by atoms with E-state index in [2.05, 4.69) is 0 Å². The molecule has 11 heavy (non-hydrogen) atoms. The Labute approximate surface area is 63.8 Å². The van der Waals surface area contributed by atoms with Crippen molar-refractivity contribution in [2.45, 2.75) is 31.0 Å². The van der Waals surface area contributed by atoms with Gasteiger partial charge in [-0.15, -0.1) is 0 Å².